The molecular formula is C28H20ClNO4. The highest BCUT2D eigenvalue weighted by molar-refractivity contribution is 6.30. The van der Waals surface area contributed by atoms with Gasteiger partial charge >= 0.3 is 5.97 Å². The largest absolute Gasteiger partial charge is 0.493 e. The van der Waals surface area contributed by atoms with Crippen molar-refractivity contribution in [1.82, 2.24) is 0 Å². The highest BCUT2D eigenvalue weighted by Crippen LogP contribution is 2.31. The van der Waals surface area contributed by atoms with E-state index in [1.54, 1.807) is 25.3 Å². The van der Waals surface area contributed by atoms with Gasteiger partial charge in [-0.15, -0.1) is 0 Å². The van der Waals surface area contributed by atoms with Crippen LogP contribution in [-0.4, -0.2) is 19.0 Å². The number of hydrogen-bond acceptors (Lipinski definition) is 5. The van der Waals surface area contributed by atoms with Crippen LogP contribution in [0.3, 0.4) is 0 Å². The van der Waals surface area contributed by atoms with Crippen molar-refractivity contribution >= 4 is 40.3 Å². The van der Waals surface area contributed by atoms with Gasteiger partial charge in [0.15, 0.2) is 17.2 Å². The molecule has 0 saturated heterocycles. The molecule has 1 aliphatic heterocycles. The molecule has 0 amide bonds. The summed E-state index contributed by atoms with van der Waals surface area (Å²) in [7, 11) is 1.57. The maximum atomic E-state index is 12.5. The molecular weight excluding hydrogens is 450 g/mol. The minimum absolute atomic E-state index is 0.222. The summed E-state index contributed by atoms with van der Waals surface area (Å²) >= 11 is 5.93. The highest BCUT2D eigenvalue weighted by atomic mass is 35.5. The smallest absolute Gasteiger partial charge is 0.363 e. The van der Waals surface area contributed by atoms with E-state index in [-0.39, 0.29) is 11.6 Å². The molecule has 0 unspecified atom stereocenters. The number of nitrogens with zero attached hydrogens (tertiary/aromatic N) is 1. The van der Waals surface area contributed by atoms with Crippen molar-refractivity contribution in [3.05, 3.63) is 112 Å². The summed E-state index contributed by atoms with van der Waals surface area (Å²) in [5.74, 6) is 0.935. The Labute approximate surface area is 201 Å². The molecule has 0 saturated carbocycles. The Morgan fingerprint density at radius 1 is 0.912 bits per heavy atom. The SMILES string of the molecule is COc1cc(/C=C2\N=C(c3ccc4ccccc4c3)OC2=O)ccc1OCc1ccc(Cl)cc1. The second kappa shape index (κ2) is 9.41. The third kappa shape index (κ3) is 4.65. The van der Waals surface area contributed by atoms with E-state index in [2.05, 4.69) is 4.99 Å². The highest BCUT2D eigenvalue weighted by Gasteiger charge is 2.24. The second-order valence-electron chi connectivity index (χ2n) is 7.72. The molecule has 34 heavy (non-hydrogen) atoms. The summed E-state index contributed by atoms with van der Waals surface area (Å²) in [5, 5.41) is 2.84. The van der Waals surface area contributed by atoms with Gasteiger partial charge in [-0.1, -0.05) is 60.1 Å². The van der Waals surface area contributed by atoms with E-state index in [0.717, 1.165) is 27.5 Å². The summed E-state index contributed by atoms with van der Waals surface area (Å²) in [5.41, 5.74) is 2.70. The minimum atomic E-state index is -0.495. The van der Waals surface area contributed by atoms with Gasteiger partial charge in [-0.2, -0.15) is 0 Å². The molecule has 1 heterocycles. The topological polar surface area (TPSA) is 57.1 Å². The van der Waals surface area contributed by atoms with Gasteiger partial charge in [-0.3, -0.25) is 0 Å². The maximum Gasteiger partial charge on any atom is 0.363 e. The molecule has 0 bridgehead atoms. The number of ether oxygens (including phenoxy) is 3. The minimum Gasteiger partial charge on any atom is -0.493 e. The standard InChI is InChI=1S/C28H20ClNO4/c1-32-26-15-19(8-13-25(26)33-17-18-6-11-23(29)12-7-18)14-24-28(31)34-27(30-24)22-10-9-20-4-2-3-5-21(20)16-22/h2-16H,17H2,1H3/b24-14-. The Hall–Kier alpha value is -4.09. The summed E-state index contributed by atoms with van der Waals surface area (Å²) < 4.78 is 16.8. The molecule has 1 aliphatic rings. The fourth-order valence-corrected chi connectivity index (χ4v) is 3.77. The predicted molar refractivity (Wildman–Crippen MR) is 133 cm³/mol. The fraction of sp³-hybridized carbons (Fsp3) is 0.0714. The zero-order valence-electron chi connectivity index (χ0n) is 18.3. The normalized spacial score (nSPS) is 14.2. The fourth-order valence-electron chi connectivity index (χ4n) is 3.65. The van der Waals surface area contributed by atoms with Crippen molar-refractivity contribution in [3.63, 3.8) is 0 Å². The van der Waals surface area contributed by atoms with Crippen LogP contribution in [0.5, 0.6) is 11.5 Å². The van der Waals surface area contributed by atoms with Crippen molar-refractivity contribution in [3.8, 4) is 11.5 Å². The Kier molecular flexibility index (Phi) is 6.02. The molecule has 4 aromatic rings. The Balaban J connectivity index is 1.36. The molecule has 0 fully saturated rings. The number of cyclic esters (lactones) is 1. The first-order chi connectivity index (χ1) is 16.6. The van der Waals surface area contributed by atoms with Crippen LogP contribution in [-0.2, 0) is 16.1 Å². The lowest BCUT2D eigenvalue weighted by molar-refractivity contribution is -0.129. The van der Waals surface area contributed by atoms with E-state index >= 15 is 0 Å². The van der Waals surface area contributed by atoms with Gasteiger partial charge in [-0.25, -0.2) is 9.79 Å². The molecule has 0 radical (unpaired) electrons. The number of carbonyl (C=O) groups excluding carboxylic acids is 1. The first-order valence-electron chi connectivity index (χ1n) is 10.7. The van der Waals surface area contributed by atoms with E-state index in [1.807, 2.05) is 72.8 Å². The summed E-state index contributed by atoms with van der Waals surface area (Å²) in [6.07, 6.45) is 1.67. The van der Waals surface area contributed by atoms with Crippen LogP contribution in [0, 0.1) is 0 Å². The molecule has 0 aliphatic carbocycles. The van der Waals surface area contributed by atoms with Gasteiger partial charge in [0, 0.05) is 10.6 Å². The average Bonchev–Trinajstić information content (AvgIpc) is 3.23. The van der Waals surface area contributed by atoms with Gasteiger partial charge in [0.25, 0.3) is 0 Å². The first kappa shape index (κ1) is 21.7. The van der Waals surface area contributed by atoms with E-state index in [0.29, 0.717) is 23.1 Å². The van der Waals surface area contributed by atoms with Crippen molar-refractivity contribution in [2.24, 2.45) is 4.99 Å². The lowest BCUT2D eigenvalue weighted by Crippen LogP contribution is -2.05. The van der Waals surface area contributed by atoms with Gasteiger partial charge in [0.2, 0.25) is 5.90 Å². The molecule has 4 aromatic carbocycles. The van der Waals surface area contributed by atoms with Crippen molar-refractivity contribution in [2.45, 2.75) is 6.61 Å². The van der Waals surface area contributed by atoms with Gasteiger partial charge in [0.1, 0.15) is 6.61 Å². The first-order valence-corrected chi connectivity index (χ1v) is 11.0. The maximum absolute atomic E-state index is 12.5. The number of esters is 1. The van der Waals surface area contributed by atoms with Crippen LogP contribution in [0.1, 0.15) is 16.7 Å². The van der Waals surface area contributed by atoms with Crippen LogP contribution in [0.2, 0.25) is 5.02 Å². The number of rotatable bonds is 6. The molecule has 6 heteroatoms. The Morgan fingerprint density at radius 2 is 1.71 bits per heavy atom. The van der Waals surface area contributed by atoms with Crippen molar-refractivity contribution < 1.29 is 19.0 Å². The van der Waals surface area contributed by atoms with Crippen LogP contribution >= 0.6 is 11.6 Å². The second-order valence-corrected chi connectivity index (χ2v) is 8.16. The van der Waals surface area contributed by atoms with Crippen LogP contribution in [0.25, 0.3) is 16.8 Å². The molecule has 0 atom stereocenters. The third-order valence-electron chi connectivity index (χ3n) is 5.42. The zero-order chi connectivity index (χ0) is 23.5. The van der Waals surface area contributed by atoms with Crippen LogP contribution < -0.4 is 9.47 Å². The monoisotopic (exact) mass is 469 g/mol. The van der Waals surface area contributed by atoms with E-state index in [1.165, 1.54) is 0 Å². The van der Waals surface area contributed by atoms with E-state index < -0.39 is 5.97 Å². The quantitative estimate of drug-likeness (QED) is 0.241. The molecule has 0 spiro atoms. The van der Waals surface area contributed by atoms with Crippen molar-refractivity contribution in [2.75, 3.05) is 7.11 Å². The zero-order valence-corrected chi connectivity index (χ0v) is 19.1. The number of methoxy groups -OCH3 is 1. The summed E-state index contributed by atoms with van der Waals surface area (Å²) in [4.78, 5) is 16.9. The number of benzene rings is 4. The lowest BCUT2D eigenvalue weighted by Gasteiger charge is -2.11. The summed E-state index contributed by atoms with van der Waals surface area (Å²) in [6.45, 7) is 0.375. The van der Waals surface area contributed by atoms with E-state index in [9.17, 15) is 4.79 Å². The predicted octanol–water partition coefficient (Wildman–Crippen LogP) is 6.43. The average molecular weight is 470 g/mol. The molecule has 5 nitrogen and oxygen atoms in total. The van der Waals surface area contributed by atoms with Crippen LogP contribution in [0.15, 0.2) is 95.6 Å². The summed E-state index contributed by atoms with van der Waals surface area (Å²) in [6, 6.07) is 26.7. The number of aliphatic imine (C=N–C) groups is 1. The van der Waals surface area contributed by atoms with E-state index in [4.69, 9.17) is 25.8 Å². The number of carbonyl (C=O) groups is 1. The molecule has 0 aromatic heterocycles. The number of hydrogen-bond donors (Lipinski definition) is 0. The molecule has 5 rings (SSSR count). The van der Waals surface area contributed by atoms with Crippen molar-refractivity contribution in [1.29, 1.82) is 0 Å². The van der Waals surface area contributed by atoms with Gasteiger partial charge in [-0.05, 0) is 64.4 Å². The Bertz CT molecular complexity index is 1440. The van der Waals surface area contributed by atoms with Gasteiger partial charge < -0.3 is 14.2 Å². The Morgan fingerprint density at radius 3 is 2.50 bits per heavy atom. The molecule has 168 valence electrons. The van der Waals surface area contributed by atoms with Gasteiger partial charge in [0.05, 0.1) is 7.11 Å². The lowest BCUT2D eigenvalue weighted by atomic mass is 10.1. The number of halogens is 1. The number of fused-ring (bicyclic) bond motifs is 1. The van der Waals surface area contributed by atoms with Crippen LogP contribution in [0.4, 0.5) is 0 Å². The third-order valence-corrected chi connectivity index (χ3v) is 5.67. The molecule has 0 N–H and O–H groups in total.